The van der Waals surface area contributed by atoms with Gasteiger partial charge in [-0.1, -0.05) is 0 Å². The predicted octanol–water partition coefficient (Wildman–Crippen LogP) is -1.02. The third-order valence-corrected chi connectivity index (χ3v) is 2.17. The Kier molecular flexibility index (Phi) is 6.81. The third kappa shape index (κ3) is 7.29. The second-order valence-electron chi connectivity index (χ2n) is 2.85. The molecule has 0 rings (SSSR count). The van der Waals surface area contributed by atoms with Crippen molar-refractivity contribution >= 4 is 10.1 Å². The first kappa shape index (κ1) is 19.6. The van der Waals surface area contributed by atoms with Crippen LogP contribution < -0.4 is 29.6 Å². The zero-order valence-electron chi connectivity index (χ0n) is 8.61. The Labute approximate surface area is 115 Å². The number of allylic oxidation sites excluding steroid dienone is 1. The molecule has 0 heterocycles. The van der Waals surface area contributed by atoms with E-state index in [0.717, 1.165) is 0 Å². The van der Waals surface area contributed by atoms with Gasteiger partial charge in [0, 0.05) is 0 Å². The van der Waals surface area contributed by atoms with E-state index in [1.54, 1.807) is 0 Å². The van der Waals surface area contributed by atoms with Gasteiger partial charge in [-0.15, -0.1) is 0 Å². The van der Waals surface area contributed by atoms with Gasteiger partial charge in [-0.05, 0) is 12.5 Å². The fourth-order valence-corrected chi connectivity index (χ4v) is 1.66. The maximum absolute atomic E-state index is 12.0. The van der Waals surface area contributed by atoms with E-state index in [-0.39, 0.29) is 29.6 Å². The minimum Gasteiger partial charge on any atom is -0.748 e. The van der Waals surface area contributed by atoms with E-state index in [4.69, 9.17) is 0 Å². The Hall–Kier alpha value is 0.230. The molecule has 0 spiro atoms. The molecule has 0 amide bonds. The van der Waals surface area contributed by atoms with Crippen LogP contribution in [0, 0.1) is 0 Å². The summed E-state index contributed by atoms with van der Waals surface area (Å²) in [7, 11) is -5.20. The second-order valence-corrected chi connectivity index (χ2v) is 4.26. The Bertz CT molecular complexity index is 377. The van der Waals surface area contributed by atoms with Gasteiger partial charge in [-0.2, -0.15) is 26.3 Å². The molecule has 17 heavy (non-hydrogen) atoms. The molecule has 0 bridgehead atoms. The minimum atomic E-state index is -5.76. The normalized spacial score (nSPS) is 12.9. The summed E-state index contributed by atoms with van der Waals surface area (Å²) in [5, 5.41) is 0. The third-order valence-electron chi connectivity index (χ3n) is 1.39. The number of alkyl halides is 6. The molecule has 0 atom stereocenters. The van der Waals surface area contributed by atoms with Crippen LogP contribution >= 0.6 is 0 Å². The zero-order chi connectivity index (χ0) is 13.4. The summed E-state index contributed by atoms with van der Waals surface area (Å²) in [5.41, 5.74) is -4.53. The van der Waals surface area contributed by atoms with E-state index in [1.807, 2.05) is 0 Å². The van der Waals surface area contributed by atoms with Gasteiger partial charge in [-0.3, -0.25) is 0 Å². The first-order valence-corrected chi connectivity index (χ1v) is 5.10. The van der Waals surface area contributed by atoms with Gasteiger partial charge < -0.3 is 4.55 Å². The molecule has 0 saturated carbocycles. The van der Waals surface area contributed by atoms with Gasteiger partial charge in [0.05, 0.1) is 15.9 Å². The van der Waals surface area contributed by atoms with Crippen molar-refractivity contribution in [3.05, 3.63) is 11.1 Å². The summed E-state index contributed by atoms with van der Waals surface area (Å²) in [6, 6.07) is 0. The summed E-state index contributed by atoms with van der Waals surface area (Å²) in [6.45, 7) is 0.297. The SMILES string of the molecule is CC(CS(=O)(=O)[O-])=C(C(F)(F)F)C(F)(F)F.[Na+]. The van der Waals surface area contributed by atoms with Crippen molar-refractivity contribution in [1.29, 1.82) is 0 Å². The van der Waals surface area contributed by atoms with Crippen molar-refractivity contribution in [3.63, 3.8) is 0 Å². The van der Waals surface area contributed by atoms with Crippen molar-refractivity contribution in [2.75, 3.05) is 5.75 Å². The number of hydrogen-bond acceptors (Lipinski definition) is 3. The van der Waals surface area contributed by atoms with Crippen LogP contribution in [0.4, 0.5) is 26.3 Å². The van der Waals surface area contributed by atoms with Crippen LogP contribution in [-0.2, 0) is 10.1 Å². The molecule has 0 aliphatic heterocycles. The first-order chi connectivity index (χ1) is 6.75. The number of rotatable bonds is 2. The van der Waals surface area contributed by atoms with E-state index in [1.165, 1.54) is 0 Å². The molecule has 3 nitrogen and oxygen atoms in total. The van der Waals surface area contributed by atoms with Gasteiger partial charge in [0.1, 0.15) is 5.57 Å². The molecule has 0 radical (unpaired) electrons. The van der Waals surface area contributed by atoms with Crippen LogP contribution in [0.3, 0.4) is 0 Å². The largest absolute Gasteiger partial charge is 1.00 e. The molecule has 0 fully saturated rings. The van der Waals surface area contributed by atoms with E-state index in [0.29, 0.717) is 6.92 Å². The molecule has 0 aliphatic carbocycles. The average molecular weight is 294 g/mol. The fourth-order valence-electron chi connectivity index (χ4n) is 0.982. The molecule has 0 aromatic heterocycles. The Balaban J connectivity index is 0. The van der Waals surface area contributed by atoms with Crippen molar-refractivity contribution in [3.8, 4) is 0 Å². The van der Waals surface area contributed by atoms with E-state index < -0.39 is 39.4 Å². The van der Waals surface area contributed by atoms with Gasteiger partial charge in [0.2, 0.25) is 0 Å². The van der Waals surface area contributed by atoms with Crippen LogP contribution in [0.25, 0.3) is 0 Å². The van der Waals surface area contributed by atoms with Crippen molar-refractivity contribution in [2.45, 2.75) is 19.3 Å². The minimum absolute atomic E-state index is 0. The first-order valence-electron chi connectivity index (χ1n) is 3.53. The van der Waals surface area contributed by atoms with Crippen LogP contribution in [0.5, 0.6) is 0 Å². The molecule has 11 heteroatoms. The Morgan fingerprint density at radius 2 is 1.35 bits per heavy atom. The molecule has 0 aromatic rings. The summed E-state index contributed by atoms with van der Waals surface area (Å²) in [5.74, 6) is -1.83. The Morgan fingerprint density at radius 1 is 1.06 bits per heavy atom. The monoisotopic (exact) mass is 294 g/mol. The molecule has 0 saturated heterocycles. The fraction of sp³-hybridized carbons (Fsp3) is 0.667. The smallest absolute Gasteiger partial charge is 0.748 e. The zero-order valence-corrected chi connectivity index (χ0v) is 11.4. The standard InChI is InChI=1S/C6H6F6O3S.Na/c1-3(2-16(13,14)15)4(5(7,8)9)6(10,11)12;/h2H2,1H3,(H,13,14,15);/q;+1/p-1. The van der Waals surface area contributed by atoms with Crippen LogP contribution in [0.15, 0.2) is 11.1 Å². The molecule has 0 aliphatic rings. The predicted molar refractivity (Wildman–Crippen MR) is 39.4 cm³/mol. The molecule has 96 valence electrons. The second kappa shape index (κ2) is 5.91. The maximum atomic E-state index is 12.0. The van der Waals surface area contributed by atoms with Gasteiger partial charge in [0.25, 0.3) is 0 Å². The maximum Gasteiger partial charge on any atom is 1.00 e. The van der Waals surface area contributed by atoms with Crippen LogP contribution in [-0.4, -0.2) is 31.1 Å². The topological polar surface area (TPSA) is 57.2 Å². The Morgan fingerprint density at radius 3 is 1.53 bits per heavy atom. The van der Waals surface area contributed by atoms with E-state index >= 15 is 0 Å². The van der Waals surface area contributed by atoms with Crippen LogP contribution in [0.2, 0.25) is 0 Å². The number of hydrogen-bond donors (Lipinski definition) is 0. The average Bonchev–Trinajstić information content (AvgIpc) is 1.70. The molecule has 0 aromatic carbocycles. The number of halogens is 6. The molecule has 0 unspecified atom stereocenters. The summed E-state index contributed by atoms with van der Waals surface area (Å²) < 4.78 is 102. The van der Waals surface area contributed by atoms with Gasteiger partial charge in [-0.25, -0.2) is 8.42 Å². The van der Waals surface area contributed by atoms with Crippen molar-refractivity contribution < 1.29 is 68.9 Å². The van der Waals surface area contributed by atoms with Gasteiger partial charge >= 0.3 is 41.9 Å². The van der Waals surface area contributed by atoms with Crippen molar-refractivity contribution in [2.24, 2.45) is 0 Å². The molecule has 0 N–H and O–H groups in total. The van der Waals surface area contributed by atoms with Gasteiger partial charge in [0.15, 0.2) is 0 Å². The summed E-state index contributed by atoms with van der Waals surface area (Å²) in [6.07, 6.45) is -11.5. The quantitative estimate of drug-likeness (QED) is 0.283. The van der Waals surface area contributed by atoms with E-state index in [9.17, 15) is 39.3 Å². The summed E-state index contributed by atoms with van der Waals surface area (Å²) >= 11 is 0. The van der Waals surface area contributed by atoms with E-state index in [2.05, 4.69) is 0 Å². The molecular formula is C6H5F6NaO3S. The van der Waals surface area contributed by atoms with Crippen molar-refractivity contribution in [1.82, 2.24) is 0 Å². The summed E-state index contributed by atoms with van der Waals surface area (Å²) in [4.78, 5) is 0. The molecular weight excluding hydrogens is 289 g/mol. The van der Waals surface area contributed by atoms with Crippen LogP contribution in [0.1, 0.15) is 6.92 Å².